The number of nitrogens with zero attached hydrogens (tertiary/aromatic N) is 4. The number of nitrogens with one attached hydrogen (secondary N) is 1. The van der Waals surface area contributed by atoms with E-state index in [0.29, 0.717) is 17.6 Å². The Morgan fingerprint density at radius 1 is 1.53 bits per heavy atom. The van der Waals surface area contributed by atoms with Crippen molar-refractivity contribution in [3.63, 3.8) is 0 Å². The fourth-order valence-corrected chi connectivity index (χ4v) is 2.09. The second-order valence-corrected chi connectivity index (χ2v) is 4.48. The summed E-state index contributed by atoms with van der Waals surface area (Å²) in [4.78, 5) is 13.6. The second kappa shape index (κ2) is 4.03. The Balaban J connectivity index is 2.02. The molecule has 1 saturated carbocycles. The summed E-state index contributed by atoms with van der Waals surface area (Å²) in [6.45, 7) is 0.747. The van der Waals surface area contributed by atoms with Gasteiger partial charge in [-0.05, 0) is 25.0 Å². The van der Waals surface area contributed by atoms with E-state index in [0.717, 1.165) is 25.2 Å². The third-order valence-electron chi connectivity index (χ3n) is 2.87. The van der Waals surface area contributed by atoms with Gasteiger partial charge in [0.15, 0.2) is 5.65 Å². The van der Waals surface area contributed by atoms with Crippen LogP contribution in [0.5, 0.6) is 0 Å². The SMILES string of the molecule is O=c1[nH]nc2ccc(N(CCCl)C3CC3)nn12. The number of anilines is 1. The van der Waals surface area contributed by atoms with Gasteiger partial charge in [-0.2, -0.15) is 9.61 Å². The summed E-state index contributed by atoms with van der Waals surface area (Å²) in [5.74, 6) is 1.33. The van der Waals surface area contributed by atoms with E-state index in [1.54, 1.807) is 6.07 Å². The topological polar surface area (TPSA) is 66.3 Å². The number of fused-ring (bicyclic) bond motifs is 1. The van der Waals surface area contributed by atoms with Crippen LogP contribution in [0.15, 0.2) is 16.9 Å². The van der Waals surface area contributed by atoms with Gasteiger partial charge in [0.2, 0.25) is 0 Å². The maximum Gasteiger partial charge on any atom is 0.364 e. The van der Waals surface area contributed by atoms with E-state index >= 15 is 0 Å². The maximum absolute atomic E-state index is 11.4. The molecule has 0 saturated heterocycles. The molecule has 2 heterocycles. The predicted molar refractivity (Wildman–Crippen MR) is 64.7 cm³/mol. The lowest BCUT2D eigenvalue weighted by atomic mass is 10.4. The van der Waals surface area contributed by atoms with Crippen LogP contribution in [-0.4, -0.2) is 38.3 Å². The van der Waals surface area contributed by atoms with Crippen LogP contribution in [0.25, 0.3) is 5.65 Å². The average Bonchev–Trinajstić information content (AvgIpc) is 3.12. The maximum atomic E-state index is 11.4. The zero-order valence-electron chi connectivity index (χ0n) is 9.14. The minimum atomic E-state index is -0.316. The van der Waals surface area contributed by atoms with Crippen LogP contribution >= 0.6 is 11.6 Å². The molecule has 0 atom stereocenters. The second-order valence-electron chi connectivity index (χ2n) is 4.10. The Morgan fingerprint density at radius 2 is 2.35 bits per heavy atom. The quantitative estimate of drug-likeness (QED) is 0.812. The van der Waals surface area contributed by atoms with Crippen molar-refractivity contribution in [2.75, 3.05) is 17.3 Å². The van der Waals surface area contributed by atoms with E-state index in [9.17, 15) is 4.79 Å². The lowest BCUT2D eigenvalue weighted by Gasteiger charge is -2.21. The molecule has 1 aliphatic rings. The summed E-state index contributed by atoms with van der Waals surface area (Å²) in [6, 6.07) is 4.17. The fraction of sp³-hybridized carbons (Fsp3) is 0.500. The number of rotatable bonds is 4. The Kier molecular flexibility index (Phi) is 2.51. The minimum absolute atomic E-state index is 0.316. The van der Waals surface area contributed by atoms with Crippen LogP contribution in [0.3, 0.4) is 0 Å². The van der Waals surface area contributed by atoms with Crippen LogP contribution in [-0.2, 0) is 0 Å². The molecule has 90 valence electrons. The van der Waals surface area contributed by atoms with Crippen molar-refractivity contribution in [3.05, 3.63) is 22.6 Å². The summed E-state index contributed by atoms with van der Waals surface area (Å²) in [7, 11) is 0. The molecule has 0 aliphatic heterocycles. The number of H-pyrrole nitrogens is 1. The Hall–Kier alpha value is -1.56. The number of alkyl halides is 1. The molecule has 0 unspecified atom stereocenters. The van der Waals surface area contributed by atoms with Gasteiger partial charge in [-0.3, -0.25) is 0 Å². The van der Waals surface area contributed by atoms with E-state index in [1.807, 2.05) is 6.07 Å². The van der Waals surface area contributed by atoms with Crippen LogP contribution in [0.1, 0.15) is 12.8 Å². The molecule has 2 aromatic heterocycles. The monoisotopic (exact) mass is 253 g/mol. The van der Waals surface area contributed by atoms with Gasteiger partial charge in [-0.25, -0.2) is 9.89 Å². The molecular formula is C10H12ClN5O. The van der Waals surface area contributed by atoms with Gasteiger partial charge < -0.3 is 4.90 Å². The number of hydrogen-bond donors (Lipinski definition) is 1. The number of halogens is 1. The highest BCUT2D eigenvalue weighted by atomic mass is 35.5. The van der Waals surface area contributed by atoms with Crippen molar-refractivity contribution < 1.29 is 0 Å². The lowest BCUT2D eigenvalue weighted by Crippen LogP contribution is -2.29. The van der Waals surface area contributed by atoms with Crippen LogP contribution in [0.4, 0.5) is 5.82 Å². The standard InChI is InChI=1S/C10H12ClN5O/c11-5-6-15(7-1-2-7)9-4-3-8-12-13-10(17)16(8)14-9/h3-4,7H,1-2,5-6H2,(H,13,17). The average molecular weight is 254 g/mol. The first kappa shape index (κ1) is 10.6. The molecule has 6 nitrogen and oxygen atoms in total. The molecule has 1 N–H and O–H groups in total. The first-order valence-electron chi connectivity index (χ1n) is 5.56. The first-order chi connectivity index (χ1) is 8.29. The number of aromatic amines is 1. The van der Waals surface area contributed by atoms with Gasteiger partial charge in [-0.1, -0.05) is 0 Å². The molecular weight excluding hydrogens is 242 g/mol. The van der Waals surface area contributed by atoms with E-state index in [2.05, 4.69) is 20.2 Å². The summed E-state index contributed by atoms with van der Waals surface area (Å²) < 4.78 is 1.28. The third-order valence-corrected chi connectivity index (χ3v) is 3.04. The van der Waals surface area contributed by atoms with Crippen molar-refractivity contribution in [3.8, 4) is 0 Å². The number of aromatic nitrogens is 4. The minimum Gasteiger partial charge on any atom is -0.351 e. The zero-order valence-corrected chi connectivity index (χ0v) is 9.89. The summed E-state index contributed by atoms with van der Waals surface area (Å²) >= 11 is 5.79. The van der Waals surface area contributed by atoms with Gasteiger partial charge in [-0.15, -0.1) is 16.7 Å². The number of hydrogen-bond acceptors (Lipinski definition) is 4. The van der Waals surface area contributed by atoms with Crippen LogP contribution in [0, 0.1) is 0 Å². The molecule has 0 bridgehead atoms. The van der Waals surface area contributed by atoms with Gasteiger partial charge in [0.05, 0.1) is 0 Å². The largest absolute Gasteiger partial charge is 0.364 e. The smallest absolute Gasteiger partial charge is 0.351 e. The molecule has 1 aliphatic carbocycles. The van der Waals surface area contributed by atoms with E-state index in [4.69, 9.17) is 11.6 Å². The van der Waals surface area contributed by atoms with Gasteiger partial charge in [0.25, 0.3) is 0 Å². The molecule has 1 fully saturated rings. The van der Waals surface area contributed by atoms with Crippen molar-refractivity contribution in [1.82, 2.24) is 19.8 Å². The first-order valence-corrected chi connectivity index (χ1v) is 6.10. The molecule has 2 aromatic rings. The van der Waals surface area contributed by atoms with Crippen LogP contribution < -0.4 is 10.6 Å². The summed E-state index contributed by atoms with van der Waals surface area (Å²) in [5, 5.41) is 10.5. The lowest BCUT2D eigenvalue weighted by molar-refractivity contribution is 0.772. The normalized spacial score (nSPS) is 15.4. The molecule has 0 aromatic carbocycles. The molecule has 7 heteroatoms. The zero-order chi connectivity index (χ0) is 11.8. The summed E-state index contributed by atoms with van der Waals surface area (Å²) in [6.07, 6.45) is 2.33. The van der Waals surface area contributed by atoms with E-state index < -0.39 is 0 Å². The highest BCUT2D eigenvalue weighted by molar-refractivity contribution is 6.18. The molecule has 17 heavy (non-hydrogen) atoms. The van der Waals surface area contributed by atoms with Crippen molar-refractivity contribution in [2.45, 2.75) is 18.9 Å². The molecule has 0 amide bonds. The van der Waals surface area contributed by atoms with E-state index in [1.165, 1.54) is 4.52 Å². The van der Waals surface area contributed by atoms with Crippen molar-refractivity contribution in [2.24, 2.45) is 0 Å². The fourth-order valence-electron chi connectivity index (χ4n) is 1.91. The van der Waals surface area contributed by atoms with Crippen molar-refractivity contribution >= 4 is 23.1 Å². The molecule has 0 radical (unpaired) electrons. The highest BCUT2D eigenvalue weighted by Gasteiger charge is 2.29. The Bertz CT molecular complexity index is 588. The van der Waals surface area contributed by atoms with Crippen LogP contribution in [0.2, 0.25) is 0 Å². The van der Waals surface area contributed by atoms with E-state index in [-0.39, 0.29) is 5.69 Å². The summed E-state index contributed by atoms with van der Waals surface area (Å²) in [5.41, 5.74) is 0.212. The third kappa shape index (κ3) is 1.88. The molecule has 3 rings (SSSR count). The molecule has 0 spiro atoms. The Morgan fingerprint density at radius 3 is 3.06 bits per heavy atom. The van der Waals surface area contributed by atoms with Gasteiger partial charge in [0.1, 0.15) is 5.82 Å². The Labute approximate surface area is 102 Å². The highest BCUT2D eigenvalue weighted by Crippen LogP contribution is 2.30. The van der Waals surface area contributed by atoms with Gasteiger partial charge >= 0.3 is 5.69 Å². The predicted octanol–water partition coefficient (Wildman–Crippen LogP) is 0.625. The van der Waals surface area contributed by atoms with Gasteiger partial charge in [0, 0.05) is 18.5 Å². The van der Waals surface area contributed by atoms with Crippen molar-refractivity contribution in [1.29, 1.82) is 0 Å².